The molecular formula is C12H16F2O4. The fourth-order valence-corrected chi connectivity index (χ4v) is 1.79. The molecule has 1 saturated carbocycles. The summed E-state index contributed by atoms with van der Waals surface area (Å²) in [7, 11) is 0. The Hall–Kier alpha value is -1.33. The van der Waals surface area contributed by atoms with E-state index in [1.165, 1.54) is 6.92 Å². The van der Waals surface area contributed by atoms with Gasteiger partial charge in [-0.3, -0.25) is 14.4 Å². The van der Waals surface area contributed by atoms with E-state index in [2.05, 4.69) is 4.74 Å². The lowest BCUT2D eigenvalue weighted by molar-refractivity contribution is -0.157. The molecule has 1 atom stereocenters. The second-order valence-electron chi connectivity index (χ2n) is 4.31. The highest BCUT2D eigenvalue weighted by Crippen LogP contribution is 2.30. The van der Waals surface area contributed by atoms with Gasteiger partial charge in [0, 0.05) is 12.3 Å². The van der Waals surface area contributed by atoms with Gasteiger partial charge in [-0.25, -0.2) is 8.78 Å². The van der Waals surface area contributed by atoms with Crippen LogP contribution in [0.2, 0.25) is 0 Å². The first-order valence-corrected chi connectivity index (χ1v) is 5.98. The summed E-state index contributed by atoms with van der Waals surface area (Å²) in [5.41, 5.74) is 0. The number of carbonyl (C=O) groups excluding carboxylic acids is 3. The molecule has 0 aromatic rings. The minimum absolute atomic E-state index is 0.0104. The van der Waals surface area contributed by atoms with Gasteiger partial charge in [0.05, 0.1) is 6.61 Å². The van der Waals surface area contributed by atoms with E-state index in [0.29, 0.717) is 12.8 Å². The summed E-state index contributed by atoms with van der Waals surface area (Å²) in [6.07, 6.45) is -1.39. The lowest BCUT2D eigenvalue weighted by Gasteiger charge is -2.25. The molecule has 1 fully saturated rings. The van der Waals surface area contributed by atoms with Crippen molar-refractivity contribution in [3.8, 4) is 0 Å². The van der Waals surface area contributed by atoms with Crippen LogP contribution < -0.4 is 0 Å². The van der Waals surface area contributed by atoms with Gasteiger partial charge >= 0.3 is 5.97 Å². The SMILES string of the molecule is CCOC(=O)C(CC(=O)C1CCC1)C(=O)C(F)F. The lowest BCUT2D eigenvalue weighted by Crippen LogP contribution is -2.35. The van der Waals surface area contributed by atoms with Crippen LogP contribution in [0.25, 0.3) is 0 Å². The zero-order valence-electron chi connectivity index (χ0n) is 10.2. The van der Waals surface area contributed by atoms with Gasteiger partial charge in [0.2, 0.25) is 5.78 Å². The first-order chi connectivity index (χ1) is 8.47. The summed E-state index contributed by atoms with van der Waals surface area (Å²) in [4.78, 5) is 34.3. The quantitative estimate of drug-likeness (QED) is 0.518. The van der Waals surface area contributed by atoms with E-state index in [0.717, 1.165) is 6.42 Å². The molecule has 1 unspecified atom stereocenters. The van der Waals surface area contributed by atoms with Gasteiger partial charge in [-0.1, -0.05) is 6.42 Å². The first-order valence-electron chi connectivity index (χ1n) is 5.98. The highest BCUT2D eigenvalue weighted by atomic mass is 19.3. The second-order valence-corrected chi connectivity index (χ2v) is 4.31. The van der Waals surface area contributed by atoms with Gasteiger partial charge in [0.25, 0.3) is 6.43 Å². The predicted octanol–water partition coefficient (Wildman–Crippen LogP) is 1.76. The van der Waals surface area contributed by atoms with E-state index in [1.807, 2.05) is 0 Å². The maximum atomic E-state index is 12.4. The molecule has 0 spiro atoms. The van der Waals surface area contributed by atoms with Crippen LogP contribution in [0.15, 0.2) is 0 Å². The highest BCUT2D eigenvalue weighted by molar-refractivity contribution is 6.04. The molecule has 0 amide bonds. The molecule has 18 heavy (non-hydrogen) atoms. The Morgan fingerprint density at radius 2 is 1.89 bits per heavy atom. The summed E-state index contributed by atoms with van der Waals surface area (Å²) in [6, 6.07) is 0. The molecular weight excluding hydrogens is 246 g/mol. The molecule has 0 bridgehead atoms. The summed E-state index contributed by atoms with van der Waals surface area (Å²) in [6.45, 7) is 1.50. The van der Waals surface area contributed by atoms with Gasteiger partial charge in [0.1, 0.15) is 11.7 Å². The van der Waals surface area contributed by atoms with Crippen LogP contribution in [0.5, 0.6) is 0 Å². The average molecular weight is 262 g/mol. The van der Waals surface area contributed by atoms with E-state index in [1.54, 1.807) is 0 Å². The predicted molar refractivity (Wildman–Crippen MR) is 58.1 cm³/mol. The third-order valence-corrected chi connectivity index (χ3v) is 3.10. The highest BCUT2D eigenvalue weighted by Gasteiger charge is 2.38. The molecule has 4 nitrogen and oxygen atoms in total. The van der Waals surface area contributed by atoms with Crippen LogP contribution >= 0.6 is 0 Å². The fraction of sp³-hybridized carbons (Fsp3) is 0.750. The first kappa shape index (κ1) is 14.7. The summed E-state index contributed by atoms with van der Waals surface area (Å²) < 4.78 is 29.3. The van der Waals surface area contributed by atoms with Crippen LogP contribution in [-0.4, -0.2) is 30.6 Å². The van der Waals surface area contributed by atoms with Crippen molar-refractivity contribution in [3.63, 3.8) is 0 Å². The van der Waals surface area contributed by atoms with Crippen LogP contribution in [0, 0.1) is 11.8 Å². The zero-order valence-corrected chi connectivity index (χ0v) is 10.2. The minimum atomic E-state index is -3.26. The third-order valence-electron chi connectivity index (χ3n) is 3.10. The number of Topliss-reactive ketones (excluding diaryl/α,β-unsaturated/α-hetero) is 2. The van der Waals surface area contributed by atoms with Gasteiger partial charge in [-0.15, -0.1) is 0 Å². The molecule has 0 radical (unpaired) electrons. The van der Waals surface area contributed by atoms with Crippen LogP contribution in [0.4, 0.5) is 8.78 Å². The molecule has 1 aliphatic rings. The van der Waals surface area contributed by atoms with Gasteiger partial charge in [0.15, 0.2) is 0 Å². The number of rotatable bonds is 7. The summed E-state index contributed by atoms with van der Waals surface area (Å²) in [5, 5.41) is 0. The van der Waals surface area contributed by atoms with Crippen molar-refractivity contribution in [2.45, 2.75) is 39.0 Å². The Labute approximate surface area is 104 Å². The molecule has 102 valence electrons. The van der Waals surface area contributed by atoms with E-state index in [4.69, 9.17) is 0 Å². The lowest BCUT2D eigenvalue weighted by atomic mass is 9.79. The number of ether oxygens (including phenoxy) is 1. The largest absolute Gasteiger partial charge is 0.465 e. The van der Waals surface area contributed by atoms with Crippen molar-refractivity contribution < 1.29 is 27.9 Å². The molecule has 0 aliphatic heterocycles. The standard InChI is InChI=1S/C12H16F2O4/c1-2-18-12(17)8(10(16)11(13)14)6-9(15)7-4-3-5-7/h7-8,11H,2-6H2,1H3. The molecule has 6 heteroatoms. The average Bonchev–Trinajstić information content (AvgIpc) is 2.22. The van der Waals surface area contributed by atoms with Crippen molar-refractivity contribution in [1.29, 1.82) is 0 Å². The fourth-order valence-electron chi connectivity index (χ4n) is 1.79. The molecule has 0 aromatic heterocycles. The maximum Gasteiger partial charge on any atom is 0.317 e. The van der Waals surface area contributed by atoms with E-state index in [-0.39, 0.29) is 18.3 Å². The molecule has 1 rings (SSSR count). The van der Waals surface area contributed by atoms with Crippen LogP contribution in [0.1, 0.15) is 32.6 Å². The Balaban J connectivity index is 2.67. The smallest absolute Gasteiger partial charge is 0.317 e. The van der Waals surface area contributed by atoms with Crippen molar-refractivity contribution >= 4 is 17.5 Å². The van der Waals surface area contributed by atoms with Gasteiger partial charge in [-0.05, 0) is 19.8 Å². The monoisotopic (exact) mass is 262 g/mol. The van der Waals surface area contributed by atoms with Crippen LogP contribution in [0.3, 0.4) is 0 Å². The minimum Gasteiger partial charge on any atom is -0.465 e. The number of carbonyl (C=O) groups is 3. The molecule has 0 saturated heterocycles. The van der Waals surface area contributed by atoms with Gasteiger partial charge < -0.3 is 4.74 Å². The Kier molecular flexibility index (Phi) is 5.37. The number of halogens is 2. The second kappa shape index (κ2) is 6.56. The summed E-state index contributed by atoms with van der Waals surface area (Å²) >= 11 is 0. The number of hydrogen-bond donors (Lipinski definition) is 0. The molecule has 1 aliphatic carbocycles. The van der Waals surface area contributed by atoms with Crippen molar-refractivity contribution in [2.75, 3.05) is 6.61 Å². The van der Waals surface area contributed by atoms with Crippen LogP contribution in [-0.2, 0) is 19.1 Å². The Bertz CT molecular complexity index is 337. The number of hydrogen-bond acceptors (Lipinski definition) is 4. The van der Waals surface area contributed by atoms with E-state index < -0.39 is 30.5 Å². The van der Waals surface area contributed by atoms with Gasteiger partial charge in [-0.2, -0.15) is 0 Å². The molecule has 0 aromatic carbocycles. The van der Waals surface area contributed by atoms with Crippen molar-refractivity contribution in [1.82, 2.24) is 0 Å². The number of esters is 1. The normalized spacial score (nSPS) is 17.1. The molecule has 0 heterocycles. The third kappa shape index (κ3) is 3.58. The molecule has 0 N–H and O–H groups in total. The van der Waals surface area contributed by atoms with Crippen molar-refractivity contribution in [2.24, 2.45) is 11.8 Å². The summed E-state index contributed by atoms with van der Waals surface area (Å²) in [5.74, 6) is -4.70. The van der Waals surface area contributed by atoms with E-state index in [9.17, 15) is 23.2 Å². The maximum absolute atomic E-state index is 12.4. The Morgan fingerprint density at radius 3 is 2.28 bits per heavy atom. The topological polar surface area (TPSA) is 60.4 Å². The van der Waals surface area contributed by atoms with E-state index >= 15 is 0 Å². The zero-order chi connectivity index (χ0) is 13.7. The Morgan fingerprint density at radius 1 is 1.28 bits per heavy atom. The van der Waals surface area contributed by atoms with Crippen molar-refractivity contribution in [3.05, 3.63) is 0 Å². The number of ketones is 2. The number of alkyl halides is 2.